The summed E-state index contributed by atoms with van der Waals surface area (Å²) in [6.45, 7) is 50.7. The third-order valence-corrected chi connectivity index (χ3v) is 15.0. The number of benzene rings is 5. The zero-order valence-electron chi connectivity index (χ0n) is 64.0. The third kappa shape index (κ3) is 31.7. The number of carboxylic acid groups (broad SMARTS) is 1. The van der Waals surface area contributed by atoms with E-state index in [9.17, 15) is 65.5 Å². The van der Waals surface area contributed by atoms with Crippen molar-refractivity contribution in [2.45, 2.75) is 216 Å². The van der Waals surface area contributed by atoms with E-state index in [1.54, 1.807) is 54.6 Å². The largest absolute Gasteiger partial charge is 0.478 e. The number of aromatic nitrogens is 3. The Labute approximate surface area is 601 Å². The van der Waals surface area contributed by atoms with Gasteiger partial charge in [0.05, 0.1) is 41.9 Å². The molecular weight excluding hydrogens is 1300 g/mol. The minimum Gasteiger partial charge on any atom is -0.478 e. The van der Waals surface area contributed by atoms with Gasteiger partial charge in [0, 0.05) is 82.5 Å². The van der Waals surface area contributed by atoms with Crippen LogP contribution in [-0.2, 0) is 43.3 Å². The number of nitrogens with zero attached hydrogens (tertiary/aromatic N) is 9. The van der Waals surface area contributed by atoms with Crippen LogP contribution in [-0.4, -0.2) is 55.6 Å². The number of nitro benzene ring substituents is 4. The van der Waals surface area contributed by atoms with Gasteiger partial charge < -0.3 is 15.2 Å². The molecule has 23 heteroatoms. The lowest BCUT2D eigenvalue weighted by Gasteiger charge is -2.19. The Bertz CT molecular complexity index is 3950. The molecule has 0 aliphatic carbocycles. The molecule has 3 aromatic heterocycles. The first kappa shape index (κ1) is 89.4. The van der Waals surface area contributed by atoms with Crippen molar-refractivity contribution in [2.75, 3.05) is 0 Å². The Morgan fingerprint density at radius 1 is 0.314 bits per heavy atom. The highest BCUT2D eigenvalue weighted by atomic mass is 16.6. The fourth-order valence-electron chi connectivity index (χ4n) is 8.76. The molecule has 0 aliphatic heterocycles. The first-order valence-electron chi connectivity index (χ1n) is 32.9. The maximum Gasteiger partial charge on any atom is 0.363 e. The topological polar surface area (TPSA) is 335 Å². The number of aryl methyl sites for hydroxylation is 1. The minimum absolute atomic E-state index is 0.00208. The van der Waals surface area contributed by atoms with Crippen LogP contribution in [0.1, 0.15) is 227 Å². The quantitative estimate of drug-likeness (QED) is 0.114. The molecule has 0 saturated heterocycles. The molecule has 0 radical (unpaired) electrons. The number of hydrogen-bond acceptors (Lipinski definition) is 16. The van der Waals surface area contributed by atoms with E-state index in [2.05, 4.69) is 134 Å². The Kier molecular flexibility index (Phi) is 33.1. The number of carboxylic acids is 1. The minimum atomic E-state index is -0.853. The van der Waals surface area contributed by atoms with Gasteiger partial charge >= 0.3 is 11.8 Å². The van der Waals surface area contributed by atoms with Crippen molar-refractivity contribution >= 4 is 40.2 Å². The van der Waals surface area contributed by atoms with Gasteiger partial charge in [0.1, 0.15) is 6.20 Å². The summed E-state index contributed by atoms with van der Waals surface area (Å²) in [6, 6.07) is 45.7. The molecule has 0 amide bonds. The third-order valence-electron chi connectivity index (χ3n) is 15.0. The second-order valence-corrected chi connectivity index (χ2v) is 32.0. The number of nitro groups is 6. The molecule has 102 heavy (non-hydrogen) atoms. The predicted octanol–water partition coefficient (Wildman–Crippen LogP) is 21.5. The molecular formula is C79H105N9O14. The summed E-state index contributed by atoms with van der Waals surface area (Å²) in [5.74, 6) is -0.943. The normalized spacial score (nSPS) is 11.3. The van der Waals surface area contributed by atoms with Gasteiger partial charge in [0.25, 0.3) is 28.4 Å². The maximum absolute atomic E-state index is 10.9. The molecule has 0 fully saturated rings. The first-order chi connectivity index (χ1) is 46.4. The predicted molar refractivity (Wildman–Crippen MR) is 406 cm³/mol. The van der Waals surface area contributed by atoms with Gasteiger partial charge in [-0.3, -0.25) is 60.5 Å². The Balaban J connectivity index is 0.000000585. The fraction of sp³-hybridized carbons (Fsp3) is 0.418. The van der Waals surface area contributed by atoms with Crippen LogP contribution in [0.2, 0.25) is 0 Å². The van der Waals surface area contributed by atoms with Crippen LogP contribution in [0, 0.1) is 67.6 Å². The van der Waals surface area contributed by atoms with E-state index in [1.165, 1.54) is 48.3 Å². The lowest BCUT2D eigenvalue weighted by atomic mass is 9.85. The zero-order valence-corrected chi connectivity index (χ0v) is 64.0. The molecule has 8 rings (SSSR count). The van der Waals surface area contributed by atoms with Gasteiger partial charge in [-0.2, -0.15) is 0 Å². The molecule has 0 saturated carbocycles. The van der Waals surface area contributed by atoms with E-state index in [4.69, 9.17) is 5.11 Å². The van der Waals surface area contributed by atoms with E-state index < -0.39 is 31.1 Å². The molecule has 0 bridgehead atoms. The van der Waals surface area contributed by atoms with Crippen molar-refractivity contribution < 1.29 is 39.4 Å². The summed E-state index contributed by atoms with van der Waals surface area (Å²) in [7, 11) is 0. The van der Waals surface area contributed by atoms with Crippen molar-refractivity contribution in [1.82, 2.24) is 15.0 Å². The van der Waals surface area contributed by atoms with Gasteiger partial charge in [-0.25, -0.2) is 4.79 Å². The van der Waals surface area contributed by atoms with Crippen LogP contribution in [0.3, 0.4) is 0 Å². The lowest BCUT2D eigenvalue weighted by Crippen LogP contribution is -2.13. The molecule has 1 N–H and O–H groups in total. The van der Waals surface area contributed by atoms with E-state index in [0.717, 1.165) is 45.3 Å². The molecule has 0 spiro atoms. The highest BCUT2D eigenvalue weighted by molar-refractivity contribution is 5.89. The van der Waals surface area contributed by atoms with Crippen LogP contribution >= 0.6 is 0 Å². The molecule has 0 unspecified atom stereocenters. The van der Waals surface area contributed by atoms with Gasteiger partial charge in [-0.15, -0.1) is 0 Å². The highest BCUT2D eigenvalue weighted by Gasteiger charge is 2.28. The molecule has 550 valence electrons. The summed E-state index contributed by atoms with van der Waals surface area (Å²) in [5, 5.41) is 72.2. The Morgan fingerprint density at radius 3 is 1.09 bits per heavy atom. The number of hydrogen-bond donors (Lipinski definition) is 1. The second kappa shape index (κ2) is 37.7. The highest BCUT2D eigenvalue weighted by Crippen LogP contribution is 2.35. The smallest absolute Gasteiger partial charge is 0.363 e. The zero-order chi connectivity index (χ0) is 78.9. The summed E-state index contributed by atoms with van der Waals surface area (Å²) >= 11 is 0. The first-order valence-corrected chi connectivity index (χ1v) is 32.9. The molecule has 23 nitrogen and oxygen atoms in total. The number of aromatic carboxylic acids is 1. The molecule has 5 aromatic carbocycles. The lowest BCUT2D eigenvalue weighted by molar-refractivity contribution is -0.394. The number of para-hydroxylation sites is 1. The van der Waals surface area contributed by atoms with E-state index in [0.29, 0.717) is 16.5 Å². The molecule has 8 aromatic rings. The summed E-state index contributed by atoms with van der Waals surface area (Å²) in [6.07, 6.45) is 4.78. The Morgan fingerprint density at radius 2 is 0.706 bits per heavy atom. The van der Waals surface area contributed by atoms with Crippen molar-refractivity contribution in [3.63, 3.8) is 0 Å². The summed E-state index contributed by atoms with van der Waals surface area (Å²) in [5.41, 5.74) is 8.53. The van der Waals surface area contributed by atoms with Crippen molar-refractivity contribution in [2.24, 2.45) is 0 Å². The molecule has 0 atom stereocenters. The van der Waals surface area contributed by atoms with Gasteiger partial charge in [-0.05, 0) is 107 Å². The summed E-state index contributed by atoms with van der Waals surface area (Å²) < 4.78 is 0. The molecule has 3 heterocycles. The standard InChI is InChI=1S/C12H16O2.C10H12N2O4.2C10H13NO2.C10H14.2C9H12N2O2.C9H13N/c1-8-5-6-9(12(2,3)4)7-10(8)11(13)14;1-10(2,3)8-5-4-7(11(13)14)6-9(8)12(15)16;1-10(2,3)8-4-6-9(7-5-8)11(12)13;1-10(2,3)8-6-4-5-7-9(8)11(12)13;1-10(2,3)9-7-5-4-6-8-9;1-9(2,3)8-6-7(11(12)13)4-5-10-8;1-9(2,3)7-4-5-10-8(6-7)11(12)13;1-9(2,3)8-6-4-5-7-10-8/h5-7H,1-4H3,(H,13,14);4-6H,1-3H3;2*4-7H,1-3H3;4-8H,1-3H3;2*4-6H,1-3H3;4-7H,1-3H3. The van der Waals surface area contributed by atoms with Crippen LogP contribution in [0.4, 0.5) is 34.3 Å². The van der Waals surface area contributed by atoms with Gasteiger partial charge in [0.15, 0.2) is 0 Å². The van der Waals surface area contributed by atoms with Gasteiger partial charge in [0.2, 0.25) is 0 Å². The maximum atomic E-state index is 10.9. The average Bonchev–Trinajstić information content (AvgIpc) is 0.814. The van der Waals surface area contributed by atoms with E-state index in [1.807, 2.05) is 127 Å². The fourth-order valence-corrected chi connectivity index (χ4v) is 8.76. The van der Waals surface area contributed by atoms with Crippen molar-refractivity contribution in [3.8, 4) is 0 Å². The number of non-ortho nitro benzene ring substituents is 2. The van der Waals surface area contributed by atoms with Gasteiger partial charge in [-0.1, -0.05) is 245 Å². The van der Waals surface area contributed by atoms with E-state index in [-0.39, 0.29) is 76.6 Å². The monoisotopic (exact) mass is 1400 g/mol. The van der Waals surface area contributed by atoms with E-state index >= 15 is 0 Å². The van der Waals surface area contributed by atoms with Crippen LogP contribution in [0.25, 0.3) is 0 Å². The van der Waals surface area contributed by atoms with Crippen LogP contribution in [0.5, 0.6) is 0 Å². The summed E-state index contributed by atoms with van der Waals surface area (Å²) in [4.78, 5) is 83.3. The van der Waals surface area contributed by atoms with Crippen molar-refractivity contribution in [3.05, 3.63) is 293 Å². The Hall–Kier alpha value is -10.6. The van der Waals surface area contributed by atoms with Crippen LogP contribution < -0.4 is 0 Å². The second-order valence-electron chi connectivity index (χ2n) is 32.0. The number of carbonyl (C=O) groups is 1. The number of pyridine rings is 3. The van der Waals surface area contributed by atoms with Crippen LogP contribution in [0.15, 0.2) is 176 Å². The number of rotatable bonds is 7. The SMILES string of the molecule is CC(C)(C)c1cc([N+](=O)[O-])ccn1.CC(C)(C)c1ccc([N+](=O)[O-])cc1.CC(C)(C)c1ccc([N+](=O)[O-])cc1[N+](=O)[O-].CC(C)(C)c1ccccc1.CC(C)(C)c1ccccc1[N+](=O)[O-].CC(C)(C)c1ccccn1.CC(C)(C)c1ccnc([N+](=O)[O-])c1.Cc1ccc(C(C)(C)C)cc1C(=O)O. The van der Waals surface area contributed by atoms with Crippen molar-refractivity contribution in [1.29, 1.82) is 0 Å². The molecule has 0 aliphatic rings. The average molecular weight is 1400 g/mol.